The van der Waals surface area contributed by atoms with Crippen molar-refractivity contribution >= 4 is 23.3 Å². The highest BCUT2D eigenvalue weighted by molar-refractivity contribution is 5.89. The number of hydrogen-bond acceptors (Lipinski definition) is 5. The lowest BCUT2D eigenvalue weighted by atomic mass is 10.2. The van der Waals surface area contributed by atoms with Crippen LogP contribution in [-0.2, 0) is 6.54 Å². The lowest BCUT2D eigenvalue weighted by Crippen LogP contribution is -2.31. The molecule has 0 saturated heterocycles. The van der Waals surface area contributed by atoms with E-state index < -0.39 is 5.97 Å². The molecule has 0 spiro atoms. The molecule has 0 aliphatic carbocycles. The molecule has 28 heavy (non-hydrogen) atoms. The third-order valence-corrected chi connectivity index (χ3v) is 4.32. The van der Waals surface area contributed by atoms with E-state index in [4.69, 9.17) is 0 Å². The number of anilines is 3. The van der Waals surface area contributed by atoms with Crippen molar-refractivity contribution in [2.45, 2.75) is 33.4 Å². The maximum Gasteiger partial charge on any atom is 0.335 e. The van der Waals surface area contributed by atoms with Crippen molar-refractivity contribution in [1.82, 2.24) is 9.97 Å². The summed E-state index contributed by atoms with van der Waals surface area (Å²) in [7, 11) is 0. The molecule has 2 N–H and O–H groups in total. The molecule has 0 atom stereocenters. The molecule has 0 amide bonds. The molecule has 0 saturated carbocycles. The fourth-order valence-corrected chi connectivity index (χ4v) is 2.95. The molecule has 3 rings (SSSR count). The average Bonchev–Trinajstić information content (AvgIpc) is 2.66. The van der Waals surface area contributed by atoms with Crippen LogP contribution in [0.3, 0.4) is 0 Å². The zero-order valence-corrected chi connectivity index (χ0v) is 16.3. The second-order valence-corrected chi connectivity index (χ2v) is 6.88. The highest BCUT2D eigenvalue weighted by Crippen LogP contribution is 2.23. The van der Waals surface area contributed by atoms with E-state index in [1.807, 2.05) is 37.3 Å². The van der Waals surface area contributed by atoms with E-state index >= 15 is 0 Å². The molecular formula is C22H24N4O2. The van der Waals surface area contributed by atoms with E-state index in [1.54, 1.807) is 18.2 Å². The third-order valence-electron chi connectivity index (χ3n) is 4.32. The number of carbonyl (C=O) groups is 1. The Morgan fingerprint density at radius 3 is 2.50 bits per heavy atom. The van der Waals surface area contributed by atoms with Crippen molar-refractivity contribution < 1.29 is 9.90 Å². The minimum Gasteiger partial charge on any atom is -0.478 e. The summed E-state index contributed by atoms with van der Waals surface area (Å²) in [6.45, 7) is 6.85. The number of nitrogens with zero attached hydrogens (tertiary/aromatic N) is 3. The minimum absolute atomic E-state index is 0.226. The molecule has 0 unspecified atom stereocenters. The predicted molar refractivity (Wildman–Crippen MR) is 111 cm³/mol. The monoisotopic (exact) mass is 376 g/mol. The lowest BCUT2D eigenvalue weighted by molar-refractivity contribution is 0.0697. The van der Waals surface area contributed by atoms with Crippen molar-refractivity contribution in [2.24, 2.45) is 0 Å². The summed E-state index contributed by atoms with van der Waals surface area (Å²) < 4.78 is 0. The van der Waals surface area contributed by atoms with Gasteiger partial charge >= 0.3 is 5.97 Å². The molecule has 144 valence electrons. The second-order valence-electron chi connectivity index (χ2n) is 6.88. The smallest absolute Gasteiger partial charge is 0.335 e. The Morgan fingerprint density at radius 1 is 1.07 bits per heavy atom. The Morgan fingerprint density at radius 2 is 1.82 bits per heavy atom. The van der Waals surface area contributed by atoms with Gasteiger partial charge in [-0.3, -0.25) is 0 Å². The van der Waals surface area contributed by atoms with Crippen LogP contribution < -0.4 is 10.2 Å². The number of aromatic carboxylic acids is 1. The summed E-state index contributed by atoms with van der Waals surface area (Å²) >= 11 is 0. The number of carboxylic acid groups (broad SMARTS) is 1. The molecule has 0 bridgehead atoms. The summed E-state index contributed by atoms with van der Waals surface area (Å²) in [5, 5.41) is 12.4. The first kappa shape index (κ1) is 19.4. The Kier molecular flexibility index (Phi) is 5.89. The van der Waals surface area contributed by atoms with Gasteiger partial charge in [-0.05, 0) is 44.5 Å². The first-order chi connectivity index (χ1) is 13.4. The first-order valence-electron chi connectivity index (χ1n) is 9.19. The van der Waals surface area contributed by atoms with Crippen LogP contribution in [-0.4, -0.2) is 27.1 Å². The number of aryl methyl sites for hydroxylation is 1. The maximum absolute atomic E-state index is 11.2. The molecule has 1 aromatic heterocycles. The number of nitrogens with one attached hydrogen (secondary N) is 1. The van der Waals surface area contributed by atoms with Crippen molar-refractivity contribution in [1.29, 1.82) is 0 Å². The molecular weight excluding hydrogens is 352 g/mol. The predicted octanol–water partition coefficient (Wildman–Crippen LogP) is 4.64. The van der Waals surface area contributed by atoms with Gasteiger partial charge in [0.15, 0.2) is 0 Å². The molecule has 6 nitrogen and oxygen atoms in total. The maximum atomic E-state index is 11.2. The molecule has 0 aliphatic heterocycles. The van der Waals surface area contributed by atoms with E-state index in [-0.39, 0.29) is 11.6 Å². The Labute approximate surface area is 164 Å². The number of aromatic nitrogens is 2. The van der Waals surface area contributed by atoms with Crippen LogP contribution in [0.15, 0.2) is 60.7 Å². The average molecular weight is 376 g/mol. The highest BCUT2D eigenvalue weighted by Gasteiger charge is 2.15. The topological polar surface area (TPSA) is 78.3 Å². The Hall–Kier alpha value is -3.41. The van der Waals surface area contributed by atoms with Gasteiger partial charge in [0.25, 0.3) is 0 Å². The summed E-state index contributed by atoms with van der Waals surface area (Å²) in [5.41, 5.74) is 2.10. The fraction of sp³-hybridized carbons (Fsp3) is 0.227. The fourth-order valence-electron chi connectivity index (χ4n) is 2.95. The summed E-state index contributed by atoms with van der Waals surface area (Å²) in [4.78, 5) is 22.5. The Bertz CT molecular complexity index is 958. The van der Waals surface area contributed by atoms with Crippen LogP contribution in [0, 0.1) is 6.92 Å². The normalized spacial score (nSPS) is 10.7. The highest BCUT2D eigenvalue weighted by atomic mass is 16.4. The first-order valence-corrected chi connectivity index (χ1v) is 9.19. The largest absolute Gasteiger partial charge is 0.478 e. The molecule has 6 heteroatoms. The van der Waals surface area contributed by atoms with E-state index in [0.29, 0.717) is 17.3 Å². The molecule has 2 aromatic carbocycles. The van der Waals surface area contributed by atoms with Crippen LogP contribution in [0.1, 0.15) is 35.6 Å². The van der Waals surface area contributed by atoms with Gasteiger partial charge in [0.1, 0.15) is 17.5 Å². The minimum atomic E-state index is -0.961. The number of carboxylic acids is 1. The molecule has 0 aliphatic rings. The van der Waals surface area contributed by atoms with Gasteiger partial charge in [0, 0.05) is 24.3 Å². The summed E-state index contributed by atoms with van der Waals surface area (Å²) in [6, 6.07) is 19.1. The van der Waals surface area contributed by atoms with E-state index in [9.17, 15) is 9.90 Å². The van der Waals surface area contributed by atoms with Gasteiger partial charge in [-0.15, -0.1) is 0 Å². The van der Waals surface area contributed by atoms with Gasteiger partial charge in [0.2, 0.25) is 0 Å². The molecule has 1 heterocycles. The Balaban J connectivity index is 1.89. The van der Waals surface area contributed by atoms with Crippen molar-refractivity contribution in [2.75, 3.05) is 10.2 Å². The van der Waals surface area contributed by atoms with E-state index in [1.165, 1.54) is 5.56 Å². The quantitative estimate of drug-likeness (QED) is 0.625. The van der Waals surface area contributed by atoms with Crippen LogP contribution >= 0.6 is 0 Å². The van der Waals surface area contributed by atoms with Gasteiger partial charge in [-0.2, -0.15) is 0 Å². The van der Waals surface area contributed by atoms with Crippen LogP contribution in [0.2, 0.25) is 0 Å². The van der Waals surface area contributed by atoms with Crippen LogP contribution in [0.5, 0.6) is 0 Å². The standard InChI is InChI=1S/C22H24N4O2/c1-15(2)26(14-17-8-5-4-6-9-17)21-13-20(23-16(3)24-21)25-19-11-7-10-18(12-19)22(27)28/h4-13,15H,14H2,1-3H3,(H,27,28)(H,23,24,25). The van der Waals surface area contributed by atoms with Gasteiger partial charge < -0.3 is 15.3 Å². The number of hydrogen-bond donors (Lipinski definition) is 2. The van der Waals surface area contributed by atoms with E-state index in [0.717, 1.165) is 12.4 Å². The lowest BCUT2D eigenvalue weighted by Gasteiger charge is -2.28. The zero-order chi connectivity index (χ0) is 20.1. The molecule has 3 aromatic rings. The van der Waals surface area contributed by atoms with Gasteiger partial charge in [-0.25, -0.2) is 14.8 Å². The van der Waals surface area contributed by atoms with E-state index in [2.05, 4.69) is 46.2 Å². The molecule has 0 fully saturated rings. The number of benzene rings is 2. The van der Waals surface area contributed by atoms with Crippen molar-refractivity contribution in [3.63, 3.8) is 0 Å². The number of rotatable bonds is 7. The summed E-state index contributed by atoms with van der Waals surface area (Å²) in [6.07, 6.45) is 0. The van der Waals surface area contributed by atoms with Crippen LogP contribution in [0.25, 0.3) is 0 Å². The third kappa shape index (κ3) is 4.85. The molecule has 0 radical (unpaired) electrons. The summed E-state index contributed by atoms with van der Waals surface area (Å²) in [5.74, 6) is 1.14. The van der Waals surface area contributed by atoms with Crippen molar-refractivity contribution in [3.05, 3.63) is 77.6 Å². The van der Waals surface area contributed by atoms with Crippen LogP contribution in [0.4, 0.5) is 17.3 Å². The van der Waals surface area contributed by atoms with Crippen molar-refractivity contribution in [3.8, 4) is 0 Å². The van der Waals surface area contributed by atoms with Gasteiger partial charge in [0.05, 0.1) is 5.56 Å². The SMILES string of the molecule is Cc1nc(Nc2cccc(C(=O)O)c2)cc(N(Cc2ccccc2)C(C)C)n1. The zero-order valence-electron chi connectivity index (χ0n) is 16.3. The second kappa shape index (κ2) is 8.52. The van der Waals surface area contributed by atoms with Gasteiger partial charge in [-0.1, -0.05) is 36.4 Å².